The van der Waals surface area contributed by atoms with Gasteiger partial charge < -0.3 is 8.85 Å². The second-order valence-corrected chi connectivity index (χ2v) is 28.4. The Morgan fingerprint density at radius 2 is 1.45 bits per heavy atom. The van der Waals surface area contributed by atoms with Crippen LogP contribution in [0.3, 0.4) is 0 Å². The fraction of sp³-hybridized carbons (Fsp3) is 0.882. The van der Waals surface area contributed by atoms with Crippen molar-refractivity contribution < 1.29 is 21.5 Å². The summed E-state index contributed by atoms with van der Waals surface area (Å²) in [5, 5.41) is 0.363. The van der Waals surface area contributed by atoms with Gasteiger partial charge in [0.05, 0.1) is 25.1 Å². The molecule has 0 bridgehead atoms. The zero-order chi connectivity index (χ0) is 31.9. The van der Waals surface area contributed by atoms with E-state index in [9.17, 15) is 8.42 Å². The monoisotopic (exact) mass is 640 g/mol. The van der Waals surface area contributed by atoms with E-state index in [4.69, 9.17) is 13.0 Å². The molecule has 0 aliphatic heterocycles. The molecule has 0 saturated heterocycles. The van der Waals surface area contributed by atoms with Crippen molar-refractivity contribution in [2.45, 2.75) is 155 Å². The predicted molar refractivity (Wildman–Crippen MR) is 182 cm³/mol. The van der Waals surface area contributed by atoms with E-state index in [1.54, 1.807) is 5.57 Å². The highest BCUT2D eigenvalue weighted by molar-refractivity contribution is 7.85. The summed E-state index contributed by atoms with van der Waals surface area (Å²) in [5.74, 6) is 1.28. The van der Waals surface area contributed by atoms with E-state index < -0.39 is 26.8 Å². The third kappa shape index (κ3) is 8.71. The first-order valence-electron chi connectivity index (χ1n) is 16.5. The lowest BCUT2D eigenvalue weighted by molar-refractivity contribution is 0.0724. The van der Waals surface area contributed by atoms with Crippen LogP contribution in [0.1, 0.15) is 107 Å². The van der Waals surface area contributed by atoms with Gasteiger partial charge in [0.1, 0.15) is 0 Å². The highest BCUT2D eigenvalue weighted by atomic mass is 32.2. The lowest BCUT2D eigenvalue weighted by Gasteiger charge is -2.45. The minimum atomic E-state index is -3.41. The Kier molecular flexibility index (Phi) is 11.1. The highest BCUT2D eigenvalue weighted by Gasteiger charge is 2.51. The van der Waals surface area contributed by atoms with E-state index in [-0.39, 0.29) is 33.6 Å². The molecule has 6 atom stereocenters. The molecule has 8 heteroatoms. The molecule has 0 amide bonds. The second kappa shape index (κ2) is 12.9. The molecule has 1 unspecified atom stereocenters. The Morgan fingerprint density at radius 3 is 1.93 bits per heavy atom. The SMILES string of the molecule is C[C@H](COS(C)(=O)=O)[C@H]1CCC2C(=CC=C3C[C@@H](O[Si](C)(C)C(C)(C)C)C[C@H](O[Si](C)(C)C(C)(C)C)C3)CCC[C@@]21C. The summed E-state index contributed by atoms with van der Waals surface area (Å²) in [6.45, 7) is 28.4. The highest BCUT2D eigenvalue weighted by Crippen LogP contribution is 2.59. The van der Waals surface area contributed by atoms with E-state index in [2.05, 4.69) is 93.7 Å². The van der Waals surface area contributed by atoms with Gasteiger partial charge in [-0.2, -0.15) is 8.42 Å². The van der Waals surface area contributed by atoms with Gasteiger partial charge in [-0.05, 0) is 111 Å². The van der Waals surface area contributed by atoms with Gasteiger partial charge in [-0.15, -0.1) is 0 Å². The molecule has 3 saturated carbocycles. The summed E-state index contributed by atoms with van der Waals surface area (Å²) in [6.07, 6.45) is 15.4. The summed E-state index contributed by atoms with van der Waals surface area (Å²) in [5.41, 5.74) is 3.26. The third-order valence-electron chi connectivity index (χ3n) is 11.8. The molecule has 0 aromatic heterocycles. The summed E-state index contributed by atoms with van der Waals surface area (Å²) < 4.78 is 42.6. The summed E-state index contributed by atoms with van der Waals surface area (Å²) in [6, 6.07) is 0. The van der Waals surface area contributed by atoms with Gasteiger partial charge >= 0.3 is 0 Å². The van der Waals surface area contributed by atoms with Gasteiger partial charge in [-0.3, -0.25) is 4.18 Å². The quantitative estimate of drug-likeness (QED) is 0.185. The zero-order valence-corrected chi connectivity index (χ0v) is 32.2. The largest absolute Gasteiger partial charge is 0.414 e. The normalized spacial score (nSPS) is 31.7. The lowest BCUT2D eigenvalue weighted by Crippen LogP contribution is -2.48. The topological polar surface area (TPSA) is 61.8 Å². The van der Waals surface area contributed by atoms with Gasteiger partial charge in [0.25, 0.3) is 10.1 Å². The van der Waals surface area contributed by atoms with E-state index in [1.165, 1.54) is 31.3 Å². The molecule has 0 spiro atoms. The average molecular weight is 641 g/mol. The summed E-state index contributed by atoms with van der Waals surface area (Å²) in [4.78, 5) is 0. The molecule has 5 nitrogen and oxygen atoms in total. The number of hydrogen-bond acceptors (Lipinski definition) is 5. The van der Waals surface area contributed by atoms with Crippen LogP contribution in [0.15, 0.2) is 23.3 Å². The molecule has 3 aliphatic rings. The fourth-order valence-electron chi connectivity index (χ4n) is 7.42. The van der Waals surface area contributed by atoms with Crippen molar-refractivity contribution in [3.05, 3.63) is 23.3 Å². The Morgan fingerprint density at radius 1 is 0.929 bits per heavy atom. The number of hydrogen-bond donors (Lipinski definition) is 0. The molecule has 0 N–H and O–H groups in total. The molecule has 244 valence electrons. The molecular weight excluding hydrogens is 577 g/mol. The van der Waals surface area contributed by atoms with Crippen molar-refractivity contribution >= 4 is 26.8 Å². The number of rotatable bonds is 9. The van der Waals surface area contributed by atoms with E-state index >= 15 is 0 Å². The summed E-state index contributed by atoms with van der Waals surface area (Å²) in [7, 11) is -7.22. The fourth-order valence-corrected chi connectivity index (χ4v) is 10.6. The summed E-state index contributed by atoms with van der Waals surface area (Å²) >= 11 is 0. The van der Waals surface area contributed by atoms with Crippen molar-refractivity contribution in [2.24, 2.45) is 23.2 Å². The van der Waals surface area contributed by atoms with Crippen molar-refractivity contribution in [3.8, 4) is 0 Å². The van der Waals surface area contributed by atoms with Crippen LogP contribution in [-0.2, 0) is 23.2 Å². The number of allylic oxidation sites excluding steroid dienone is 3. The van der Waals surface area contributed by atoms with Crippen LogP contribution in [0.5, 0.6) is 0 Å². The van der Waals surface area contributed by atoms with Gasteiger partial charge in [-0.25, -0.2) is 0 Å². The molecule has 0 heterocycles. The maximum absolute atomic E-state index is 11.6. The predicted octanol–water partition coefficient (Wildman–Crippen LogP) is 9.63. The first-order valence-corrected chi connectivity index (χ1v) is 24.2. The van der Waals surface area contributed by atoms with Crippen molar-refractivity contribution in [2.75, 3.05) is 12.9 Å². The van der Waals surface area contributed by atoms with Crippen molar-refractivity contribution in [1.82, 2.24) is 0 Å². The molecule has 0 aromatic carbocycles. The lowest BCUT2D eigenvalue weighted by atomic mass is 9.61. The molecular formula is C34H64O5SSi2. The van der Waals surface area contributed by atoms with Crippen LogP contribution in [0.4, 0.5) is 0 Å². The maximum Gasteiger partial charge on any atom is 0.264 e. The first-order chi connectivity index (χ1) is 19.0. The van der Waals surface area contributed by atoms with E-state index in [0.717, 1.165) is 31.9 Å². The van der Waals surface area contributed by atoms with Crippen LogP contribution in [0, 0.1) is 23.2 Å². The minimum Gasteiger partial charge on any atom is -0.414 e. The molecule has 0 aromatic rings. The average Bonchev–Trinajstić information content (AvgIpc) is 3.16. The zero-order valence-electron chi connectivity index (χ0n) is 29.4. The van der Waals surface area contributed by atoms with Gasteiger partial charge in [-0.1, -0.05) is 78.7 Å². The van der Waals surface area contributed by atoms with E-state index in [0.29, 0.717) is 18.4 Å². The second-order valence-electron chi connectivity index (χ2n) is 17.3. The molecule has 3 fully saturated rings. The Hall–Kier alpha value is -0.256. The molecule has 3 aliphatic carbocycles. The number of fused-ring (bicyclic) bond motifs is 1. The van der Waals surface area contributed by atoms with Crippen LogP contribution < -0.4 is 0 Å². The van der Waals surface area contributed by atoms with Crippen LogP contribution in [0.2, 0.25) is 36.3 Å². The van der Waals surface area contributed by atoms with Crippen LogP contribution in [0.25, 0.3) is 0 Å². The van der Waals surface area contributed by atoms with Gasteiger partial charge in [0.2, 0.25) is 0 Å². The Bertz CT molecular complexity index is 1070. The molecule has 0 radical (unpaired) electrons. The van der Waals surface area contributed by atoms with E-state index in [1.807, 2.05) is 0 Å². The Balaban J connectivity index is 1.84. The minimum absolute atomic E-state index is 0.182. The maximum atomic E-state index is 11.6. The smallest absolute Gasteiger partial charge is 0.264 e. The van der Waals surface area contributed by atoms with Crippen molar-refractivity contribution in [3.63, 3.8) is 0 Å². The van der Waals surface area contributed by atoms with Crippen molar-refractivity contribution in [1.29, 1.82) is 0 Å². The molecule has 3 rings (SSSR count). The van der Waals surface area contributed by atoms with Gasteiger partial charge in [0, 0.05) is 0 Å². The third-order valence-corrected chi connectivity index (χ3v) is 21.5. The molecule has 42 heavy (non-hydrogen) atoms. The Labute approximate surface area is 262 Å². The first kappa shape index (κ1) is 36.2. The van der Waals surface area contributed by atoms with Gasteiger partial charge in [0.15, 0.2) is 16.6 Å². The van der Waals surface area contributed by atoms with Crippen LogP contribution >= 0.6 is 0 Å². The van der Waals surface area contributed by atoms with Crippen LogP contribution in [-0.4, -0.2) is 50.1 Å². The standard InChI is InChI=1S/C34H64O5SSi2/c1-25(24-37-40(9,35)36)30-18-19-31-27(15-14-20-34(30,31)8)17-16-26-21-28(38-41(10,11)32(2,3)4)23-29(22-26)39-42(12,13)33(5,6)7/h16-17,25,28-31H,14-15,18-24H2,1-13H3/t25-,28-,29-,30-,31?,34-/m1/s1.